The summed E-state index contributed by atoms with van der Waals surface area (Å²) in [5, 5.41) is 0. The first-order valence-electron chi connectivity index (χ1n) is 4.88. The Morgan fingerprint density at radius 2 is 1.93 bits per heavy atom. The first-order valence-corrected chi connectivity index (χ1v) is 4.88. The van der Waals surface area contributed by atoms with Gasteiger partial charge in [0.25, 0.3) is 0 Å². The molecule has 2 N–H and O–H groups in total. The van der Waals surface area contributed by atoms with E-state index in [9.17, 15) is 0 Å². The molecule has 0 unspecified atom stereocenters. The van der Waals surface area contributed by atoms with Gasteiger partial charge in [0.15, 0.2) is 0 Å². The van der Waals surface area contributed by atoms with Crippen molar-refractivity contribution in [3.63, 3.8) is 0 Å². The van der Waals surface area contributed by atoms with Crippen LogP contribution in [0.5, 0.6) is 0 Å². The number of nitrogens with two attached hydrogens (primary N) is 1. The monoisotopic (exact) mass is 192 g/mol. The lowest BCUT2D eigenvalue weighted by atomic mass is 10.1. The summed E-state index contributed by atoms with van der Waals surface area (Å²) in [6.45, 7) is 4.72. The van der Waals surface area contributed by atoms with Crippen LogP contribution in [0.2, 0.25) is 0 Å². The first-order chi connectivity index (χ1) is 6.68. The highest BCUT2D eigenvalue weighted by molar-refractivity contribution is 5.13. The molecule has 2 nitrogen and oxygen atoms in total. The third kappa shape index (κ3) is 4.40. The molecular formula is C12H18NO. The summed E-state index contributed by atoms with van der Waals surface area (Å²) in [6, 6.07) is 10.1. The second kappa shape index (κ2) is 5.78. The third-order valence-electron chi connectivity index (χ3n) is 1.92. The lowest BCUT2D eigenvalue weighted by Crippen LogP contribution is -2.24. The van der Waals surface area contributed by atoms with E-state index in [-0.39, 0.29) is 6.23 Å². The topological polar surface area (TPSA) is 35.2 Å². The average molecular weight is 192 g/mol. The molecule has 0 bridgehead atoms. The second-order valence-corrected chi connectivity index (χ2v) is 3.75. The lowest BCUT2D eigenvalue weighted by molar-refractivity contribution is 0.0421. The minimum atomic E-state index is -0.180. The molecule has 0 aliphatic carbocycles. The molecule has 0 spiro atoms. The molecule has 1 aromatic carbocycles. The van der Waals surface area contributed by atoms with Crippen molar-refractivity contribution in [3.05, 3.63) is 41.8 Å². The lowest BCUT2D eigenvalue weighted by Gasteiger charge is -2.14. The van der Waals surface area contributed by atoms with Crippen LogP contribution in [-0.2, 0) is 11.3 Å². The van der Waals surface area contributed by atoms with Crippen LogP contribution in [0.25, 0.3) is 0 Å². The van der Waals surface area contributed by atoms with Gasteiger partial charge in [0, 0.05) is 0 Å². The van der Waals surface area contributed by atoms with Crippen molar-refractivity contribution in [1.29, 1.82) is 0 Å². The highest BCUT2D eigenvalue weighted by atomic mass is 16.5. The van der Waals surface area contributed by atoms with Crippen LogP contribution in [0, 0.1) is 5.92 Å². The summed E-state index contributed by atoms with van der Waals surface area (Å²) >= 11 is 0. The predicted molar refractivity (Wildman–Crippen MR) is 58.4 cm³/mol. The normalized spacial score (nSPS) is 13.1. The Bertz CT molecular complexity index is 246. The van der Waals surface area contributed by atoms with Crippen molar-refractivity contribution in [3.8, 4) is 0 Å². The minimum absolute atomic E-state index is 0.180. The minimum Gasteiger partial charge on any atom is -0.359 e. The van der Waals surface area contributed by atoms with Crippen molar-refractivity contribution >= 4 is 0 Å². The Labute approximate surface area is 86.1 Å². The Morgan fingerprint density at radius 3 is 2.50 bits per heavy atom. The summed E-state index contributed by atoms with van der Waals surface area (Å²) < 4.78 is 5.50. The van der Waals surface area contributed by atoms with Crippen LogP contribution < -0.4 is 5.73 Å². The van der Waals surface area contributed by atoms with Crippen molar-refractivity contribution in [2.24, 2.45) is 5.73 Å². The highest BCUT2D eigenvalue weighted by Crippen LogP contribution is 2.08. The molecule has 0 aromatic heterocycles. The average Bonchev–Trinajstić information content (AvgIpc) is 2.15. The van der Waals surface area contributed by atoms with E-state index in [2.05, 4.69) is 13.8 Å². The number of benzene rings is 1. The maximum absolute atomic E-state index is 5.78. The number of rotatable bonds is 5. The van der Waals surface area contributed by atoms with Crippen molar-refractivity contribution in [2.75, 3.05) is 0 Å². The van der Waals surface area contributed by atoms with E-state index in [1.54, 1.807) is 0 Å². The van der Waals surface area contributed by atoms with Crippen LogP contribution >= 0.6 is 0 Å². The van der Waals surface area contributed by atoms with Gasteiger partial charge in [0.05, 0.1) is 6.61 Å². The van der Waals surface area contributed by atoms with Crippen molar-refractivity contribution in [2.45, 2.75) is 33.1 Å². The molecule has 1 radical (unpaired) electrons. The van der Waals surface area contributed by atoms with Crippen LogP contribution in [-0.4, -0.2) is 6.23 Å². The van der Waals surface area contributed by atoms with Gasteiger partial charge >= 0.3 is 0 Å². The fourth-order valence-electron chi connectivity index (χ4n) is 1.24. The zero-order valence-electron chi connectivity index (χ0n) is 8.86. The molecule has 0 amide bonds. The fourth-order valence-corrected chi connectivity index (χ4v) is 1.24. The molecule has 1 rings (SSSR count). The van der Waals surface area contributed by atoms with E-state index < -0.39 is 0 Å². The molecule has 0 aliphatic heterocycles. The van der Waals surface area contributed by atoms with E-state index >= 15 is 0 Å². The van der Waals surface area contributed by atoms with Gasteiger partial charge in [-0.15, -0.1) is 0 Å². The highest BCUT2D eigenvalue weighted by Gasteiger charge is 2.05. The molecule has 1 atom stereocenters. The van der Waals surface area contributed by atoms with Gasteiger partial charge < -0.3 is 10.5 Å². The molecule has 14 heavy (non-hydrogen) atoms. The van der Waals surface area contributed by atoms with Gasteiger partial charge in [-0.25, -0.2) is 0 Å². The summed E-state index contributed by atoms with van der Waals surface area (Å²) in [7, 11) is 0. The van der Waals surface area contributed by atoms with Crippen LogP contribution in [0.4, 0.5) is 0 Å². The van der Waals surface area contributed by atoms with Gasteiger partial charge in [0.1, 0.15) is 6.23 Å². The van der Waals surface area contributed by atoms with Gasteiger partial charge in [-0.1, -0.05) is 44.2 Å². The molecule has 0 heterocycles. The smallest absolute Gasteiger partial charge is 0.106 e. The van der Waals surface area contributed by atoms with E-state index in [0.717, 1.165) is 12.0 Å². The number of hydrogen-bond acceptors (Lipinski definition) is 2. The standard InChI is InChI=1S/C12H18NO/c1-10(2)8-12(13)14-9-11-6-4-3-5-7-11/h3-7,12H,8-9,13H2,1-2H3/t12-/m0/s1. The first kappa shape index (κ1) is 11.2. The van der Waals surface area contributed by atoms with Crippen LogP contribution in [0.1, 0.15) is 25.8 Å². The van der Waals surface area contributed by atoms with Crippen LogP contribution in [0.15, 0.2) is 30.3 Å². The van der Waals surface area contributed by atoms with Crippen LogP contribution in [0.3, 0.4) is 0 Å². The molecule has 0 saturated carbocycles. The Hall–Kier alpha value is -0.860. The molecule has 0 saturated heterocycles. The zero-order valence-corrected chi connectivity index (χ0v) is 8.86. The largest absolute Gasteiger partial charge is 0.359 e. The third-order valence-corrected chi connectivity index (χ3v) is 1.92. The van der Waals surface area contributed by atoms with E-state index in [0.29, 0.717) is 6.61 Å². The summed E-state index contributed by atoms with van der Waals surface area (Å²) in [4.78, 5) is 0. The predicted octanol–water partition coefficient (Wildman–Crippen LogP) is 2.49. The van der Waals surface area contributed by atoms with Gasteiger partial charge in [-0.3, -0.25) is 0 Å². The molecule has 1 aromatic rings. The van der Waals surface area contributed by atoms with Gasteiger partial charge in [0.2, 0.25) is 0 Å². The van der Waals surface area contributed by atoms with E-state index in [1.165, 1.54) is 5.92 Å². The Kier molecular flexibility index (Phi) is 4.63. The second-order valence-electron chi connectivity index (χ2n) is 3.75. The van der Waals surface area contributed by atoms with Gasteiger partial charge in [-0.05, 0) is 17.9 Å². The Morgan fingerprint density at radius 1 is 1.29 bits per heavy atom. The summed E-state index contributed by atoms with van der Waals surface area (Å²) in [6.07, 6.45) is 0.646. The maximum Gasteiger partial charge on any atom is 0.106 e. The molecule has 2 heteroatoms. The summed E-state index contributed by atoms with van der Waals surface area (Å²) in [5.74, 6) is 1.30. The molecule has 77 valence electrons. The SMILES string of the molecule is C[C](C)C[C@@H](N)OCc1ccccc1. The summed E-state index contributed by atoms with van der Waals surface area (Å²) in [5.41, 5.74) is 6.94. The Balaban J connectivity index is 2.27. The number of hydrogen-bond donors (Lipinski definition) is 1. The van der Waals surface area contributed by atoms with Gasteiger partial charge in [-0.2, -0.15) is 0 Å². The van der Waals surface area contributed by atoms with E-state index in [1.807, 2.05) is 30.3 Å². The molecule has 0 fully saturated rings. The quantitative estimate of drug-likeness (QED) is 0.727. The van der Waals surface area contributed by atoms with Crippen molar-refractivity contribution in [1.82, 2.24) is 0 Å². The maximum atomic E-state index is 5.78. The van der Waals surface area contributed by atoms with E-state index in [4.69, 9.17) is 10.5 Å². The number of ether oxygens (including phenoxy) is 1. The fraction of sp³-hybridized carbons (Fsp3) is 0.417. The zero-order chi connectivity index (χ0) is 10.4. The van der Waals surface area contributed by atoms with Crippen molar-refractivity contribution < 1.29 is 4.74 Å². The molecular weight excluding hydrogens is 174 g/mol. The molecule has 0 aliphatic rings.